The summed E-state index contributed by atoms with van der Waals surface area (Å²) in [7, 11) is 0. The monoisotopic (exact) mass is 384 g/mol. The van der Waals surface area contributed by atoms with Crippen LogP contribution in [-0.4, -0.2) is 24.4 Å². The molecule has 0 radical (unpaired) electrons. The first-order valence-electron chi connectivity index (χ1n) is 12.0. The van der Waals surface area contributed by atoms with Crippen LogP contribution < -0.4 is 10.6 Å². The smallest absolute Gasteiger partial charge is 0.225 e. The van der Waals surface area contributed by atoms with E-state index >= 15 is 0 Å². The third-order valence-electron chi connectivity index (χ3n) is 10.2. The predicted molar refractivity (Wildman–Crippen MR) is 107 cm³/mol. The zero-order valence-electron chi connectivity index (χ0n) is 17.6. The molecule has 0 aromatic carbocycles. The summed E-state index contributed by atoms with van der Waals surface area (Å²) in [6.45, 7) is 6.97. The van der Waals surface area contributed by atoms with Crippen molar-refractivity contribution in [3.05, 3.63) is 0 Å². The van der Waals surface area contributed by atoms with Crippen molar-refractivity contribution in [3.8, 4) is 0 Å². The maximum absolute atomic E-state index is 13.2. The zero-order valence-corrected chi connectivity index (χ0v) is 17.6. The molecule has 0 spiro atoms. The van der Waals surface area contributed by atoms with E-state index in [-0.39, 0.29) is 11.3 Å². The van der Waals surface area contributed by atoms with Crippen molar-refractivity contribution in [2.45, 2.75) is 65.3 Å². The lowest BCUT2D eigenvalue weighted by atomic mass is 9.57. The van der Waals surface area contributed by atoms with E-state index in [0.717, 1.165) is 79.6 Å². The Morgan fingerprint density at radius 2 is 1.57 bits per heavy atom. The Morgan fingerprint density at radius 3 is 2.29 bits per heavy atom. The highest BCUT2D eigenvalue weighted by molar-refractivity contribution is 5.82. The molecule has 0 aromatic heterocycles. The quantitative estimate of drug-likeness (QED) is 0.708. The average molecular weight is 385 g/mol. The van der Waals surface area contributed by atoms with Gasteiger partial charge in [-0.05, 0) is 85.4 Å². The average Bonchev–Trinajstić information content (AvgIpc) is 3.15. The predicted octanol–water partition coefficient (Wildman–Crippen LogP) is 3.22. The molecule has 0 heterocycles. The summed E-state index contributed by atoms with van der Waals surface area (Å²) in [6.07, 6.45) is 6.95. The van der Waals surface area contributed by atoms with E-state index in [1.165, 1.54) is 12.8 Å². The van der Waals surface area contributed by atoms with Gasteiger partial charge in [-0.15, -0.1) is 0 Å². The molecular weight excluding hydrogens is 348 g/mol. The van der Waals surface area contributed by atoms with Crippen LogP contribution in [0.5, 0.6) is 0 Å². The summed E-state index contributed by atoms with van der Waals surface area (Å²) < 4.78 is 0. The molecule has 2 amide bonds. The molecule has 4 heteroatoms. The van der Waals surface area contributed by atoms with Gasteiger partial charge in [-0.2, -0.15) is 0 Å². The van der Waals surface area contributed by atoms with Gasteiger partial charge in [-0.25, -0.2) is 0 Å². The fourth-order valence-corrected chi connectivity index (χ4v) is 9.36. The van der Waals surface area contributed by atoms with E-state index in [1.54, 1.807) is 0 Å². The third kappa shape index (κ3) is 2.13. The van der Waals surface area contributed by atoms with Gasteiger partial charge in [0.2, 0.25) is 11.8 Å². The Morgan fingerprint density at radius 1 is 0.893 bits per heavy atom. The van der Waals surface area contributed by atoms with Gasteiger partial charge in [-0.1, -0.05) is 27.2 Å². The highest BCUT2D eigenvalue weighted by Crippen LogP contribution is 2.84. The van der Waals surface area contributed by atoms with Gasteiger partial charge in [-0.3, -0.25) is 9.59 Å². The normalized spacial score (nSPS) is 51.2. The minimum atomic E-state index is -0.269. The van der Waals surface area contributed by atoms with Crippen LogP contribution in [0.4, 0.5) is 0 Å². The lowest BCUT2D eigenvalue weighted by Crippen LogP contribution is -2.53. The Balaban J connectivity index is 0.987. The molecule has 6 saturated carbocycles. The third-order valence-corrected chi connectivity index (χ3v) is 10.2. The van der Waals surface area contributed by atoms with Gasteiger partial charge in [0.05, 0.1) is 0 Å². The number of fused-ring (bicyclic) bond motifs is 2. The topological polar surface area (TPSA) is 58.2 Å². The number of amides is 2. The molecule has 0 aliphatic heterocycles. The van der Waals surface area contributed by atoms with Crippen LogP contribution in [0.3, 0.4) is 0 Å². The highest BCUT2D eigenvalue weighted by atomic mass is 16.2. The Hall–Kier alpha value is -1.06. The highest BCUT2D eigenvalue weighted by Gasteiger charge is 2.81. The van der Waals surface area contributed by atoms with Crippen LogP contribution in [-0.2, 0) is 9.59 Å². The van der Waals surface area contributed by atoms with E-state index in [1.807, 2.05) is 13.8 Å². The van der Waals surface area contributed by atoms with Crippen LogP contribution in [0.15, 0.2) is 0 Å². The maximum atomic E-state index is 13.2. The van der Waals surface area contributed by atoms with Gasteiger partial charge < -0.3 is 10.6 Å². The van der Waals surface area contributed by atoms with Crippen molar-refractivity contribution in [2.75, 3.05) is 6.54 Å². The molecule has 0 aromatic rings. The van der Waals surface area contributed by atoms with Crippen LogP contribution in [0.2, 0.25) is 0 Å². The fourth-order valence-electron chi connectivity index (χ4n) is 9.36. The van der Waals surface area contributed by atoms with E-state index in [4.69, 9.17) is 0 Å². The van der Waals surface area contributed by atoms with E-state index in [2.05, 4.69) is 17.6 Å². The second-order valence-electron chi connectivity index (χ2n) is 11.8. The first-order valence-corrected chi connectivity index (χ1v) is 12.0. The maximum Gasteiger partial charge on any atom is 0.225 e. The van der Waals surface area contributed by atoms with Crippen molar-refractivity contribution < 1.29 is 9.59 Å². The molecule has 6 aliphatic rings. The second kappa shape index (κ2) is 5.76. The van der Waals surface area contributed by atoms with Crippen molar-refractivity contribution in [1.82, 2.24) is 10.6 Å². The van der Waals surface area contributed by atoms with E-state index in [9.17, 15) is 9.59 Å². The molecule has 6 rings (SSSR count). The first kappa shape index (κ1) is 17.8. The Labute approximate surface area is 169 Å². The van der Waals surface area contributed by atoms with Crippen LogP contribution in [0.1, 0.15) is 59.3 Å². The number of hydrogen-bond acceptors (Lipinski definition) is 2. The lowest BCUT2D eigenvalue weighted by Gasteiger charge is -2.48. The molecule has 6 fully saturated rings. The second-order valence-corrected chi connectivity index (χ2v) is 11.8. The van der Waals surface area contributed by atoms with E-state index < -0.39 is 0 Å². The zero-order chi connectivity index (χ0) is 19.4. The number of nitrogens with one attached hydrogen (secondary N) is 2. The molecule has 9 atom stereocenters. The minimum Gasteiger partial charge on any atom is -0.355 e. The van der Waals surface area contributed by atoms with Gasteiger partial charge in [0.25, 0.3) is 0 Å². The molecule has 2 N–H and O–H groups in total. The van der Waals surface area contributed by atoms with Gasteiger partial charge in [0.15, 0.2) is 0 Å². The Kier molecular flexibility index (Phi) is 3.65. The number of hydrogen-bond donors (Lipinski definition) is 2. The van der Waals surface area contributed by atoms with Crippen molar-refractivity contribution in [3.63, 3.8) is 0 Å². The van der Waals surface area contributed by atoms with Crippen LogP contribution >= 0.6 is 0 Å². The number of carbonyl (C=O) groups excluding carboxylic acids is 2. The van der Waals surface area contributed by atoms with Crippen molar-refractivity contribution >= 4 is 11.8 Å². The molecule has 4 nitrogen and oxygen atoms in total. The van der Waals surface area contributed by atoms with Gasteiger partial charge in [0.1, 0.15) is 0 Å². The van der Waals surface area contributed by atoms with Gasteiger partial charge >= 0.3 is 0 Å². The van der Waals surface area contributed by atoms with Crippen molar-refractivity contribution in [1.29, 1.82) is 0 Å². The summed E-state index contributed by atoms with van der Waals surface area (Å²) in [6, 6.07) is 0.348. The number of carbonyl (C=O) groups is 2. The molecule has 6 aliphatic carbocycles. The van der Waals surface area contributed by atoms with Crippen LogP contribution in [0.25, 0.3) is 0 Å². The summed E-state index contributed by atoms with van der Waals surface area (Å²) >= 11 is 0. The summed E-state index contributed by atoms with van der Waals surface area (Å²) in [4.78, 5) is 25.5. The Bertz CT molecular complexity index is 705. The summed E-state index contributed by atoms with van der Waals surface area (Å²) in [5.74, 6) is 8.66. The first-order chi connectivity index (χ1) is 13.4. The van der Waals surface area contributed by atoms with E-state index in [0.29, 0.717) is 23.8 Å². The van der Waals surface area contributed by atoms with Crippen molar-refractivity contribution in [2.24, 2.45) is 64.6 Å². The summed E-state index contributed by atoms with van der Waals surface area (Å²) in [5, 5.41) is 6.58. The SMILES string of the molecule is CCCC(C)(C)C(=O)NCC1CC(NC(=O)C2C3C4CC5C6C4CC3C6C52)C1. The largest absolute Gasteiger partial charge is 0.355 e. The molecular formula is C24H36N2O2. The summed E-state index contributed by atoms with van der Waals surface area (Å²) in [5.41, 5.74) is -0.269. The number of rotatable bonds is 7. The van der Waals surface area contributed by atoms with Crippen LogP contribution in [0, 0.1) is 64.6 Å². The van der Waals surface area contributed by atoms with Gasteiger partial charge in [0, 0.05) is 23.9 Å². The lowest BCUT2D eigenvalue weighted by molar-refractivity contribution is -0.135. The fraction of sp³-hybridized carbons (Fsp3) is 0.917. The molecule has 28 heavy (non-hydrogen) atoms. The molecule has 0 saturated heterocycles. The standard InChI is InChI=1S/C24H36N2O2/c1-4-5-24(2,3)23(28)25-10-11-6-12(7-11)26-22(27)21-18-14-9-15-17-13(14)8-16(18)19(17)20(15)21/h11-21H,4-10H2,1-3H3,(H,25,28)(H,26,27). The minimum absolute atomic E-state index is 0.179. The molecule has 2 bridgehead atoms. The molecule has 9 unspecified atom stereocenters. The molecule has 154 valence electrons.